The third-order valence-corrected chi connectivity index (χ3v) is 5.92. The summed E-state index contributed by atoms with van der Waals surface area (Å²) in [4.78, 5) is 106. The van der Waals surface area contributed by atoms with Crippen LogP contribution in [-0.4, -0.2) is 133 Å². The number of carboxylic acid groups (broad SMARTS) is 1. The van der Waals surface area contributed by atoms with Crippen molar-refractivity contribution in [2.75, 3.05) is 56.5 Å². The maximum absolute atomic E-state index is 12.3. The molecule has 0 fully saturated rings. The van der Waals surface area contributed by atoms with Crippen molar-refractivity contribution in [3.63, 3.8) is 0 Å². The molecule has 0 aliphatic rings. The Hall–Kier alpha value is -3.76. The molecule has 11 N–H and O–H groups in total. The van der Waals surface area contributed by atoms with Crippen LogP contribution in [0, 0.1) is 0 Å². The Kier molecular flexibility index (Phi) is 20.0. The maximum atomic E-state index is 12.3. The van der Waals surface area contributed by atoms with Crippen molar-refractivity contribution < 1.29 is 48.3 Å². The minimum absolute atomic E-state index is 0.0705. The zero-order chi connectivity index (χ0) is 32.9. The molecule has 0 heterocycles. The number of hydrogen-bond donors (Lipinski definition) is 13. The Bertz CT molecular complexity index is 1050. The fourth-order valence-corrected chi connectivity index (χ4v) is 3.24. The van der Waals surface area contributed by atoms with Crippen LogP contribution in [0.25, 0.3) is 0 Å². The highest BCUT2D eigenvalue weighted by molar-refractivity contribution is 7.80. The fourth-order valence-electron chi connectivity index (χ4n) is 2.56. The van der Waals surface area contributed by atoms with Gasteiger partial charge in [0.1, 0.15) is 18.6 Å². The second-order valence-electron chi connectivity index (χ2n) is 8.27. The summed E-state index contributed by atoms with van der Waals surface area (Å²) >= 11 is 11.8. The summed E-state index contributed by atoms with van der Waals surface area (Å²) in [5, 5.41) is 26.3. The highest BCUT2D eigenvalue weighted by Crippen LogP contribution is 1.91. The van der Waals surface area contributed by atoms with Gasteiger partial charge in [-0.05, 0) is 0 Å². The van der Waals surface area contributed by atoms with E-state index in [0.717, 1.165) is 0 Å². The predicted octanol–water partition coefficient (Wildman–Crippen LogP) is -7.15. The van der Waals surface area contributed by atoms with Gasteiger partial charge in [-0.25, -0.2) is 0 Å². The van der Waals surface area contributed by atoms with Gasteiger partial charge in [0.05, 0.1) is 38.8 Å². The van der Waals surface area contributed by atoms with Gasteiger partial charge >= 0.3 is 5.97 Å². The van der Waals surface area contributed by atoms with Crippen molar-refractivity contribution in [1.82, 2.24) is 42.5 Å². The summed E-state index contributed by atoms with van der Waals surface area (Å²) < 4.78 is 0. The van der Waals surface area contributed by atoms with E-state index in [1.165, 1.54) is 0 Å². The summed E-state index contributed by atoms with van der Waals surface area (Å²) in [5.41, 5.74) is 5.45. The van der Waals surface area contributed by atoms with E-state index in [1.807, 2.05) is 5.32 Å². The molecule has 19 nitrogen and oxygen atoms in total. The average molecular weight is 670 g/mol. The first kappa shape index (κ1) is 39.2. The molecule has 0 saturated heterocycles. The van der Waals surface area contributed by atoms with E-state index in [1.54, 1.807) is 0 Å². The Balaban J connectivity index is 4.44. The number of hydrogen-bond acceptors (Lipinski definition) is 13. The molecule has 43 heavy (non-hydrogen) atoms. The summed E-state index contributed by atoms with van der Waals surface area (Å²) in [6, 6.07) is -3.27. The van der Waals surface area contributed by atoms with Crippen molar-refractivity contribution in [2.24, 2.45) is 5.73 Å². The first-order valence-electron chi connectivity index (χ1n) is 12.3. The maximum Gasteiger partial charge on any atom is 0.322 e. The minimum Gasteiger partial charge on any atom is -0.480 e. The Labute approximate surface area is 261 Å². The monoisotopic (exact) mass is 669 g/mol. The van der Waals surface area contributed by atoms with Crippen LogP contribution in [0.5, 0.6) is 0 Å². The molecule has 0 aromatic heterocycles. The second-order valence-corrected chi connectivity index (χ2v) is 9.37. The van der Waals surface area contributed by atoms with Crippen molar-refractivity contribution in [1.29, 1.82) is 0 Å². The highest BCUT2D eigenvalue weighted by Gasteiger charge is 2.22. The van der Waals surface area contributed by atoms with Crippen molar-refractivity contribution in [2.45, 2.75) is 18.1 Å². The minimum atomic E-state index is -1.27. The predicted molar refractivity (Wildman–Crippen MR) is 159 cm³/mol. The van der Waals surface area contributed by atoms with Crippen LogP contribution in [0.1, 0.15) is 0 Å². The number of thiol groups is 3. The topological polar surface area (TPSA) is 296 Å². The molecule has 0 bridgehead atoms. The van der Waals surface area contributed by atoms with Gasteiger partial charge in [-0.3, -0.25) is 43.2 Å². The smallest absolute Gasteiger partial charge is 0.322 e. The lowest BCUT2D eigenvalue weighted by molar-refractivity contribution is -0.138. The Morgan fingerprint density at radius 1 is 0.488 bits per heavy atom. The van der Waals surface area contributed by atoms with Gasteiger partial charge in [-0.2, -0.15) is 37.9 Å². The van der Waals surface area contributed by atoms with E-state index < -0.39 is 111 Å². The quantitative estimate of drug-likeness (QED) is 0.0541. The number of carboxylic acids is 1. The van der Waals surface area contributed by atoms with Crippen LogP contribution in [0.4, 0.5) is 0 Å². The van der Waals surface area contributed by atoms with Crippen LogP contribution in [0.2, 0.25) is 0 Å². The molecule has 0 radical (unpaired) electrons. The van der Waals surface area contributed by atoms with Gasteiger partial charge in [0.2, 0.25) is 47.3 Å². The number of rotatable bonds is 20. The van der Waals surface area contributed by atoms with Gasteiger partial charge in [0.15, 0.2) is 0 Å². The van der Waals surface area contributed by atoms with Gasteiger partial charge < -0.3 is 53.4 Å². The normalized spacial score (nSPS) is 12.3. The molecule has 0 rings (SSSR count). The molecular formula is C21H35N9O10S3. The molecule has 8 amide bonds. The summed E-state index contributed by atoms with van der Waals surface area (Å²) in [7, 11) is 0. The lowest BCUT2D eigenvalue weighted by Gasteiger charge is -2.17. The number of nitrogens with one attached hydrogen (secondary N) is 8. The van der Waals surface area contributed by atoms with E-state index in [9.17, 15) is 43.2 Å². The zero-order valence-corrected chi connectivity index (χ0v) is 25.3. The van der Waals surface area contributed by atoms with Gasteiger partial charge in [-0.15, -0.1) is 0 Å². The molecule has 0 spiro atoms. The number of carbonyl (C=O) groups is 9. The van der Waals surface area contributed by atoms with Crippen LogP contribution < -0.4 is 48.3 Å². The van der Waals surface area contributed by atoms with Crippen LogP contribution in [0.3, 0.4) is 0 Å². The molecular weight excluding hydrogens is 634 g/mol. The SMILES string of the molecule is N[C@@H](CS)C(=O)NCC(=O)NCC(=O)N[C@@H](CS)C(=O)NCC(=O)NCC(=O)N[C@@H](CS)C(=O)NCC(=O)NCC(=O)O. The number of aliphatic carboxylic acids is 1. The number of amides is 8. The second kappa shape index (κ2) is 21.9. The summed E-state index contributed by atoms with van der Waals surface area (Å²) in [6.45, 7) is -3.31. The standard InChI is InChI=1S/C21H35N9O10S3/c22-10(7-41)19(38)26-1-13(31)23-4-16(34)29-11(8-42)20(39)27-2-14(32)24-5-17(35)30-12(9-43)21(40)28-3-15(33)25-6-18(36)37/h10-12,41-43H,1-9,22H2,(H,23,31)(H,24,32)(H,25,33)(H,26,38)(H,27,39)(H,28,40)(H,29,34)(H,30,35)(H,36,37)/t10-,11-,12-/m0/s1. The summed E-state index contributed by atoms with van der Waals surface area (Å²) in [6.07, 6.45) is 0. The first-order chi connectivity index (χ1) is 20.2. The third kappa shape index (κ3) is 18.4. The molecule has 0 aliphatic carbocycles. The van der Waals surface area contributed by atoms with E-state index >= 15 is 0 Å². The highest BCUT2D eigenvalue weighted by atomic mass is 32.1. The van der Waals surface area contributed by atoms with E-state index in [-0.39, 0.29) is 17.3 Å². The zero-order valence-electron chi connectivity index (χ0n) is 22.6. The number of nitrogens with two attached hydrogens (primary N) is 1. The molecule has 0 aromatic rings. The Morgan fingerprint density at radius 3 is 1.14 bits per heavy atom. The van der Waals surface area contributed by atoms with E-state index in [2.05, 4.69) is 75.1 Å². The lowest BCUT2D eigenvalue weighted by atomic mass is 10.3. The summed E-state index contributed by atoms with van der Waals surface area (Å²) in [5.74, 6) is -7.51. The van der Waals surface area contributed by atoms with Crippen molar-refractivity contribution in [3.05, 3.63) is 0 Å². The lowest BCUT2D eigenvalue weighted by Crippen LogP contribution is -2.53. The fraction of sp³-hybridized carbons (Fsp3) is 0.571. The average Bonchev–Trinajstić information content (AvgIpc) is 2.98. The van der Waals surface area contributed by atoms with Gasteiger partial charge in [0.25, 0.3) is 0 Å². The molecule has 3 atom stereocenters. The molecule has 22 heteroatoms. The third-order valence-electron chi connectivity index (χ3n) is 4.80. The molecule has 242 valence electrons. The van der Waals surface area contributed by atoms with Crippen molar-refractivity contribution in [3.8, 4) is 0 Å². The van der Waals surface area contributed by atoms with Gasteiger partial charge in [0, 0.05) is 17.3 Å². The molecule has 0 saturated carbocycles. The van der Waals surface area contributed by atoms with E-state index in [4.69, 9.17) is 10.8 Å². The van der Waals surface area contributed by atoms with Gasteiger partial charge in [-0.1, -0.05) is 0 Å². The molecule has 0 unspecified atom stereocenters. The molecule has 0 aromatic carbocycles. The van der Waals surface area contributed by atoms with Crippen LogP contribution >= 0.6 is 37.9 Å². The van der Waals surface area contributed by atoms with Crippen LogP contribution in [0.15, 0.2) is 0 Å². The van der Waals surface area contributed by atoms with E-state index in [0.29, 0.717) is 0 Å². The number of carbonyl (C=O) groups excluding carboxylic acids is 8. The van der Waals surface area contributed by atoms with Crippen molar-refractivity contribution >= 4 is 91.1 Å². The largest absolute Gasteiger partial charge is 0.480 e. The molecule has 0 aliphatic heterocycles. The Morgan fingerprint density at radius 2 is 0.814 bits per heavy atom. The first-order valence-corrected chi connectivity index (χ1v) is 14.2. The van der Waals surface area contributed by atoms with Crippen LogP contribution in [-0.2, 0) is 43.2 Å².